The molecule has 3 nitrogen and oxygen atoms in total. The van der Waals surface area contributed by atoms with Gasteiger partial charge in [-0.25, -0.2) is 4.98 Å². The van der Waals surface area contributed by atoms with Crippen LogP contribution in [0, 0.1) is 6.92 Å². The monoisotopic (exact) mass is 214 g/mol. The fourth-order valence-electron chi connectivity index (χ4n) is 2.45. The Labute approximate surface area is 94.0 Å². The van der Waals surface area contributed by atoms with Crippen LogP contribution in [-0.2, 0) is 6.42 Å². The van der Waals surface area contributed by atoms with Crippen LogP contribution < -0.4 is 5.73 Å². The lowest BCUT2D eigenvalue weighted by molar-refractivity contribution is 0.560. The molecule has 0 radical (unpaired) electrons. The Morgan fingerprint density at radius 2 is 2.31 bits per heavy atom. The molecule has 0 fully saturated rings. The van der Waals surface area contributed by atoms with Crippen LogP contribution in [0.15, 0.2) is 22.6 Å². The summed E-state index contributed by atoms with van der Waals surface area (Å²) in [6.45, 7) is 2.46. The summed E-state index contributed by atoms with van der Waals surface area (Å²) in [5, 5.41) is 0. The second kappa shape index (κ2) is 3.46. The molecule has 1 aromatic heterocycles. The van der Waals surface area contributed by atoms with Crippen molar-refractivity contribution in [1.82, 2.24) is 4.98 Å². The Balaban J connectivity index is 2.32. The van der Waals surface area contributed by atoms with E-state index in [4.69, 9.17) is 10.2 Å². The van der Waals surface area contributed by atoms with Gasteiger partial charge in [0.15, 0.2) is 11.5 Å². The van der Waals surface area contributed by atoms with Crippen molar-refractivity contribution in [2.45, 2.75) is 19.8 Å². The van der Waals surface area contributed by atoms with Crippen LogP contribution in [0.5, 0.6) is 0 Å². The number of hydrogen-bond donors (Lipinski definition) is 1. The predicted octanol–water partition coefficient (Wildman–Crippen LogP) is 2.42. The number of fused-ring (bicyclic) bond motifs is 3. The molecule has 2 N–H and O–H groups in total. The first kappa shape index (κ1) is 9.60. The molecule has 0 saturated heterocycles. The second-order valence-corrected chi connectivity index (χ2v) is 4.15. The average molecular weight is 214 g/mol. The summed E-state index contributed by atoms with van der Waals surface area (Å²) in [4.78, 5) is 4.36. The minimum atomic E-state index is 0.582. The lowest BCUT2D eigenvalue weighted by Crippen LogP contribution is -1.94. The molecule has 1 heterocycles. The minimum Gasteiger partial charge on any atom is -0.440 e. The SMILES string of the molecule is Cc1nc2ccc3c(c2o1)/C(=C\CN)CC3. The lowest BCUT2D eigenvalue weighted by atomic mass is 10.1. The standard InChI is InChI=1S/C13H14N2O/c1-8-15-11-5-4-9-2-3-10(6-7-14)12(9)13(11)16-8/h4-6H,2-3,7,14H2,1H3/b10-6-. The quantitative estimate of drug-likeness (QED) is 0.793. The van der Waals surface area contributed by atoms with E-state index in [1.54, 1.807) is 0 Å². The Kier molecular flexibility index (Phi) is 2.07. The molecular formula is C13H14N2O. The highest BCUT2D eigenvalue weighted by Gasteiger charge is 2.21. The van der Waals surface area contributed by atoms with E-state index in [2.05, 4.69) is 17.1 Å². The molecule has 2 aromatic rings. The fraction of sp³-hybridized carbons (Fsp3) is 0.308. The molecule has 0 amide bonds. The molecule has 1 aliphatic rings. The molecule has 0 aliphatic heterocycles. The fourth-order valence-corrected chi connectivity index (χ4v) is 2.45. The van der Waals surface area contributed by atoms with Gasteiger partial charge in [-0.3, -0.25) is 0 Å². The zero-order chi connectivity index (χ0) is 11.1. The van der Waals surface area contributed by atoms with E-state index in [0.717, 1.165) is 29.8 Å². The Morgan fingerprint density at radius 1 is 1.44 bits per heavy atom. The summed E-state index contributed by atoms with van der Waals surface area (Å²) in [5.74, 6) is 0.724. The Morgan fingerprint density at radius 3 is 3.12 bits per heavy atom. The van der Waals surface area contributed by atoms with Crippen LogP contribution in [0.3, 0.4) is 0 Å². The van der Waals surface area contributed by atoms with Crippen molar-refractivity contribution in [2.75, 3.05) is 6.54 Å². The van der Waals surface area contributed by atoms with Gasteiger partial charge in [0.1, 0.15) is 5.52 Å². The minimum absolute atomic E-state index is 0.582. The number of oxazole rings is 1. The van der Waals surface area contributed by atoms with Gasteiger partial charge in [-0.1, -0.05) is 12.1 Å². The van der Waals surface area contributed by atoms with Crippen molar-refractivity contribution in [3.05, 3.63) is 35.2 Å². The third-order valence-corrected chi connectivity index (χ3v) is 3.10. The van der Waals surface area contributed by atoms with Crippen molar-refractivity contribution in [3.63, 3.8) is 0 Å². The van der Waals surface area contributed by atoms with Gasteiger partial charge in [0.25, 0.3) is 0 Å². The summed E-state index contributed by atoms with van der Waals surface area (Å²) >= 11 is 0. The maximum absolute atomic E-state index is 5.69. The van der Waals surface area contributed by atoms with E-state index in [-0.39, 0.29) is 0 Å². The van der Waals surface area contributed by atoms with E-state index in [1.807, 2.05) is 13.0 Å². The summed E-state index contributed by atoms with van der Waals surface area (Å²) in [6, 6.07) is 4.19. The summed E-state index contributed by atoms with van der Waals surface area (Å²) in [6.07, 6.45) is 4.23. The molecule has 3 rings (SSSR count). The van der Waals surface area contributed by atoms with Gasteiger partial charge in [0, 0.05) is 19.0 Å². The summed E-state index contributed by atoms with van der Waals surface area (Å²) in [5.41, 5.74) is 11.3. The van der Waals surface area contributed by atoms with Gasteiger partial charge < -0.3 is 10.2 Å². The van der Waals surface area contributed by atoms with E-state index in [9.17, 15) is 0 Å². The van der Waals surface area contributed by atoms with Crippen LogP contribution in [0.25, 0.3) is 16.7 Å². The molecule has 0 unspecified atom stereocenters. The molecule has 0 spiro atoms. The molecule has 0 saturated carbocycles. The van der Waals surface area contributed by atoms with E-state index in [0.29, 0.717) is 6.54 Å². The van der Waals surface area contributed by atoms with E-state index in [1.165, 1.54) is 16.7 Å². The van der Waals surface area contributed by atoms with Crippen LogP contribution in [0.2, 0.25) is 0 Å². The van der Waals surface area contributed by atoms with Crippen molar-refractivity contribution in [1.29, 1.82) is 0 Å². The van der Waals surface area contributed by atoms with Crippen molar-refractivity contribution >= 4 is 16.7 Å². The predicted molar refractivity (Wildman–Crippen MR) is 64.1 cm³/mol. The number of hydrogen-bond acceptors (Lipinski definition) is 3. The molecule has 3 heteroatoms. The van der Waals surface area contributed by atoms with Gasteiger partial charge in [-0.15, -0.1) is 0 Å². The Bertz CT molecular complexity index is 581. The third kappa shape index (κ3) is 1.28. The number of nitrogens with two attached hydrogens (primary N) is 1. The number of aromatic nitrogens is 1. The maximum atomic E-state index is 5.69. The number of allylic oxidation sites excluding steroid dienone is 1. The molecular weight excluding hydrogens is 200 g/mol. The second-order valence-electron chi connectivity index (χ2n) is 4.15. The number of benzene rings is 1. The van der Waals surface area contributed by atoms with Crippen LogP contribution >= 0.6 is 0 Å². The zero-order valence-corrected chi connectivity index (χ0v) is 9.29. The lowest BCUT2D eigenvalue weighted by Gasteiger charge is -2.00. The van der Waals surface area contributed by atoms with Crippen LogP contribution in [0.1, 0.15) is 23.4 Å². The van der Waals surface area contributed by atoms with Crippen molar-refractivity contribution < 1.29 is 4.42 Å². The topological polar surface area (TPSA) is 52.0 Å². The smallest absolute Gasteiger partial charge is 0.192 e. The molecule has 0 bridgehead atoms. The highest BCUT2D eigenvalue weighted by atomic mass is 16.3. The maximum Gasteiger partial charge on any atom is 0.192 e. The third-order valence-electron chi connectivity index (χ3n) is 3.10. The first-order valence-electron chi connectivity index (χ1n) is 5.58. The van der Waals surface area contributed by atoms with Crippen LogP contribution in [-0.4, -0.2) is 11.5 Å². The van der Waals surface area contributed by atoms with Crippen molar-refractivity contribution in [3.8, 4) is 0 Å². The van der Waals surface area contributed by atoms with Crippen LogP contribution in [0.4, 0.5) is 0 Å². The highest BCUT2D eigenvalue weighted by molar-refractivity contribution is 5.91. The van der Waals surface area contributed by atoms with E-state index >= 15 is 0 Å². The number of aryl methyl sites for hydroxylation is 2. The highest BCUT2D eigenvalue weighted by Crippen LogP contribution is 2.37. The molecule has 82 valence electrons. The summed E-state index contributed by atoms with van der Waals surface area (Å²) < 4.78 is 5.69. The van der Waals surface area contributed by atoms with Gasteiger partial charge in [-0.2, -0.15) is 0 Å². The summed E-state index contributed by atoms with van der Waals surface area (Å²) in [7, 11) is 0. The normalized spacial score (nSPS) is 17.2. The molecule has 1 aromatic carbocycles. The van der Waals surface area contributed by atoms with Gasteiger partial charge in [0.2, 0.25) is 0 Å². The molecule has 0 atom stereocenters. The Hall–Kier alpha value is -1.61. The number of rotatable bonds is 1. The zero-order valence-electron chi connectivity index (χ0n) is 9.29. The van der Waals surface area contributed by atoms with E-state index < -0.39 is 0 Å². The van der Waals surface area contributed by atoms with Gasteiger partial charge in [0.05, 0.1) is 0 Å². The number of nitrogens with zero attached hydrogens (tertiary/aromatic N) is 1. The average Bonchev–Trinajstić information content (AvgIpc) is 2.81. The molecule has 16 heavy (non-hydrogen) atoms. The largest absolute Gasteiger partial charge is 0.440 e. The molecule has 1 aliphatic carbocycles. The first-order chi connectivity index (χ1) is 7.79. The van der Waals surface area contributed by atoms with Gasteiger partial charge >= 0.3 is 0 Å². The first-order valence-corrected chi connectivity index (χ1v) is 5.58. The van der Waals surface area contributed by atoms with Crippen molar-refractivity contribution in [2.24, 2.45) is 5.73 Å². The van der Waals surface area contributed by atoms with Gasteiger partial charge in [-0.05, 0) is 30.0 Å².